The largest absolute Gasteiger partial charge is 0.497 e. The van der Waals surface area contributed by atoms with Crippen LogP contribution >= 0.6 is 23.4 Å². The molecule has 2 N–H and O–H groups in total. The summed E-state index contributed by atoms with van der Waals surface area (Å²) in [6, 6.07) is 16.7. The molecule has 1 heterocycles. The Bertz CT molecular complexity index is 822. The predicted molar refractivity (Wildman–Crippen MR) is 103 cm³/mol. The Labute approximate surface area is 161 Å². The highest BCUT2D eigenvalue weighted by atomic mass is 35.5. The highest BCUT2D eigenvalue weighted by Crippen LogP contribution is 2.31. The zero-order valence-electron chi connectivity index (χ0n) is 14.1. The van der Waals surface area contributed by atoms with Crippen LogP contribution in [0.4, 0.5) is 0 Å². The average molecular weight is 388 g/mol. The van der Waals surface area contributed by atoms with Crippen molar-refractivity contribution in [3.63, 3.8) is 0 Å². The number of methoxy groups -OCH3 is 1. The molecular formula is C19H18ClN3O2S. The van der Waals surface area contributed by atoms with Crippen molar-refractivity contribution in [3.05, 3.63) is 64.7 Å². The molecule has 5 nitrogen and oxygen atoms in total. The van der Waals surface area contributed by atoms with Gasteiger partial charge in [0.2, 0.25) is 5.91 Å². The molecule has 2 aromatic rings. The number of carbonyl (C=O) groups is 1. The number of ether oxygens (including phenoxy) is 1. The smallest absolute Gasteiger partial charge is 0.241 e. The minimum absolute atomic E-state index is 0.274. The van der Waals surface area contributed by atoms with Crippen LogP contribution in [0.5, 0.6) is 5.75 Å². The first-order chi connectivity index (χ1) is 12.6. The van der Waals surface area contributed by atoms with Crippen LogP contribution in [0.1, 0.15) is 17.2 Å². The van der Waals surface area contributed by atoms with Gasteiger partial charge in [-0.25, -0.2) is 0 Å². The van der Waals surface area contributed by atoms with Gasteiger partial charge in [0.1, 0.15) is 17.2 Å². The van der Waals surface area contributed by atoms with E-state index >= 15 is 0 Å². The highest BCUT2D eigenvalue weighted by Gasteiger charge is 2.37. The number of rotatable bonds is 5. The van der Waals surface area contributed by atoms with E-state index in [0.29, 0.717) is 10.8 Å². The van der Waals surface area contributed by atoms with Crippen LogP contribution in [0.2, 0.25) is 5.02 Å². The van der Waals surface area contributed by atoms with Crippen LogP contribution in [0.25, 0.3) is 0 Å². The lowest BCUT2D eigenvalue weighted by atomic mass is 9.92. The molecule has 26 heavy (non-hydrogen) atoms. The Morgan fingerprint density at radius 2 is 1.96 bits per heavy atom. The van der Waals surface area contributed by atoms with Gasteiger partial charge in [0.05, 0.1) is 19.2 Å². The van der Waals surface area contributed by atoms with Gasteiger partial charge in [0, 0.05) is 10.8 Å². The lowest BCUT2D eigenvalue weighted by Gasteiger charge is -2.34. The van der Waals surface area contributed by atoms with Crippen molar-refractivity contribution in [2.75, 3.05) is 7.11 Å². The number of halogens is 1. The van der Waals surface area contributed by atoms with Crippen molar-refractivity contribution in [1.29, 1.82) is 5.26 Å². The second kappa shape index (κ2) is 8.45. The Kier molecular flexibility index (Phi) is 6.04. The van der Waals surface area contributed by atoms with Gasteiger partial charge >= 0.3 is 0 Å². The number of benzene rings is 2. The van der Waals surface area contributed by atoms with Crippen LogP contribution in [0, 0.1) is 17.2 Å². The molecule has 0 spiro atoms. The van der Waals surface area contributed by atoms with Crippen molar-refractivity contribution in [2.24, 2.45) is 5.92 Å². The number of carbonyl (C=O) groups excluding carboxylic acids is 1. The number of thioether (sulfide) groups is 1. The number of hydrogen-bond acceptors (Lipinski definition) is 5. The summed E-state index contributed by atoms with van der Waals surface area (Å²) < 4.78 is 5.17. The normalized spacial score (nSPS) is 22.3. The van der Waals surface area contributed by atoms with Crippen molar-refractivity contribution in [1.82, 2.24) is 10.6 Å². The van der Waals surface area contributed by atoms with Crippen LogP contribution < -0.4 is 15.4 Å². The number of nitrogens with zero attached hydrogens (tertiary/aromatic N) is 1. The molecule has 0 aliphatic carbocycles. The summed E-state index contributed by atoms with van der Waals surface area (Å²) in [6.07, 6.45) is 0. The molecule has 134 valence electrons. The number of nitriles is 1. The lowest BCUT2D eigenvalue weighted by Crippen LogP contribution is -2.55. The minimum Gasteiger partial charge on any atom is -0.497 e. The first-order valence-corrected chi connectivity index (χ1v) is 9.50. The zero-order chi connectivity index (χ0) is 18.5. The molecule has 3 rings (SSSR count). The average Bonchev–Trinajstić information content (AvgIpc) is 2.67. The van der Waals surface area contributed by atoms with Gasteiger partial charge in [0.25, 0.3) is 0 Å². The molecule has 1 amide bonds. The van der Waals surface area contributed by atoms with E-state index in [-0.39, 0.29) is 17.4 Å². The zero-order valence-corrected chi connectivity index (χ0v) is 15.7. The van der Waals surface area contributed by atoms with Crippen LogP contribution in [-0.2, 0) is 10.5 Å². The third-order valence-electron chi connectivity index (χ3n) is 4.20. The van der Waals surface area contributed by atoms with Gasteiger partial charge < -0.3 is 10.1 Å². The predicted octanol–water partition coefficient (Wildman–Crippen LogP) is 3.47. The Morgan fingerprint density at radius 3 is 2.62 bits per heavy atom. The first kappa shape index (κ1) is 18.6. The molecule has 0 radical (unpaired) electrons. The Morgan fingerprint density at radius 1 is 1.23 bits per heavy atom. The van der Waals surface area contributed by atoms with Gasteiger partial charge in [0.15, 0.2) is 0 Å². The molecule has 7 heteroatoms. The third-order valence-corrected chi connectivity index (χ3v) is 5.63. The standard InChI is InChI=1S/C19H18ClN3O2S/c1-25-14-8-6-12(7-9-14)17-15(10-21)18(24)23-19(22-17)26-11-13-4-2-3-5-16(13)20/h2-9,15,17,19,22H,11H2,1H3,(H,23,24). The molecule has 1 saturated heterocycles. The summed E-state index contributed by atoms with van der Waals surface area (Å²) in [5.74, 6) is 0.306. The van der Waals surface area contributed by atoms with Crippen LogP contribution in [0.15, 0.2) is 48.5 Å². The number of hydrogen-bond donors (Lipinski definition) is 2. The fourth-order valence-corrected chi connectivity index (χ4v) is 4.10. The van der Waals surface area contributed by atoms with E-state index < -0.39 is 5.92 Å². The minimum atomic E-state index is -0.791. The molecule has 1 aliphatic heterocycles. The molecule has 0 aromatic heterocycles. The fourth-order valence-electron chi connectivity index (χ4n) is 2.78. The van der Waals surface area contributed by atoms with Gasteiger partial charge in [-0.1, -0.05) is 41.9 Å². The molecule has 1 aliphatic rings. The van der Waals surface area contributed by atoms with Gasteiger partial charge in [-0.05, 0) is 29.3 Å². The van der Waals surface area contributed by atoms with E-state index in [0.717, 1.165) is 16.9 Å². The maximum Gasteiger partial charge on any atom is 0.241 e. The van der Waals surface area contributed by atoms with Crippen LogP contribution in [-0.4, -0.2) is 18.5 Å². The molecule has 3 atom stereocenters. The Balaban J connectivity index is 1.74. The first-order valence-electron chi connectivity index (χ1n) is 8.07. The van der Waals surface area contributed by atoms with Gasteiger partial charge in [-0.2, -0.15) is 5.26 Å². The van der Waals surface area contributed by atoms with E-state index in [1.807, 2.05) is 48.5 Å². The Hall–Kier alpha value is -2.20. The summed E-state index contributed by atoms with van der Waals surface area (Å²) >= 11 is 7.72. The summed E-state index contributed by atoms with van der Waals surface area (Å²) in [5.41, 5.74) is 1.56. The molecular weight excluding hydrogens is 370 g/mol. The molecule has 1 fully saturated rings. The van der Waals surface area contributed by atoms with Crippen molar-refractivity contribution in [3.8, 4) is 11.8 Å². The molecule has 0 saturated carbocycles. The third kappa shape index (κ3) is 4.13. The summed E-state index contributed by atoms with van der Waals surface area (Å²) in [6.45, 7) is 0. The number of nitrogens with one attached hydrogen (secondary N) is 2. The van der Waals surface area contributed by atoms with Gasteiger partial charge in [-0.15, -0.1) is 11.8 Å². The van der Waals surface area contributed by atoms with Crippen molar-refractivity contribution >= 4 is 29.3 Å². The topological polar surface area (TPSA) is 74.2 Å². The molecule has 3 unspecified atom stereocenters. The van der Waals surface area contributed by atoms with E-state index in [4.69, 9.17) is 16.3 Å². The molecule has 0 bridgehead atoms. The SMILES string of the molecule is COc1ccc(C2NC(SCc3ccccc3Cl)NC(=O)C2C#N)cc1. The fraction of sp³-hybridized carbons (Fsp3) is 0.263. The van der Waals surface area contributed by atoms with Crippen molar-refractivity contribution in [2.45, 2.75) is 17.3 Å². The van der Waals surface area contributed by atoms with Crippen LogP contribution in [0.3, 0.4) is 0 Å². The lowest BCUT2D eigenvalue weighted by molar-refractivity contribution is -0.126. The maximum atomic E-state index is 12.4. The molecule has 2 aromatic carbocycles. The summed E-state index contributed by atoms with van der Waals surface area (Å²) in [7, 11) is 1.60. The van der Waals surface area contributed by atoms with E-state index in [2.05, 4.69) is 16.7 Å². The second-order valence-electron chi connectivity index (χ2n) is 5.82. The monoisotopic (exact) mass is 387 g/mol. The second-order valence-corrected chi connectivity index (χ2v) is 7.32. The van der Waals surface area contributed by atoms with E-state index in [1.54, 1.807) is 7.11 Å². The van der Waals surface area contributed by atoms with E-state index in [9.17, 15) is 10.1 Å². The summed E-state index contributed by atoms with van der Waals surface area (Å²) in [4.78, 5) is 12.4. The van der Waals surface area contributed by atoms with Crippen molar-refractivity contribution < 1.29 is 9.53 Å². The maximum absolute atomic E-state index is 12.4. The quantitative estimate of drug-likeness (QED) is 0.821. The van der Waals surface area contributed by atoms with Gasteiger partial charge in [-0.3, -0.25) is 10.1 Å². The summed E-state index contributed by atoms with van der Waals surface area (Å²) in [5, 5.41) is 16.3. The number of amides is 1. The van der Waals surface area contributed by atoms with E-state index in [1.165, 1.54) is 11.8 Å². The highest BCUT2D eigenvalue weighted by molar-refractivity contribution is 7.99.